The van der Waals surface area contributed by atoms with Gasteiger partial charge in [-0.15, -0.1) is 5.54 Å². The molecule has 3 heterocycles. The highest BCUT2D eigenvalue weighted by atomic mass is 28.3. The molecule has 1 aliphatic heterocycles. The van der Waals surface area contributed by atoms with E-state index in [1.165, 1.54) is 6.08 Å². The molecular weight excluding hydrogens is 440 g/mol. The third kappa shape index (κ3) is 5.43. The number of benzene rings is 1. The average molecular weight is 471 g/mol. The first-order chi connectivity index (χ1) is 16.2. The minimum absolute atomic E-state index is 0.138. The van der Waals surface area contributed by atoms with E-state index in [4.69, 9.17) is 0 Å². The molecule has 1 aromatic carbocycles. The van der Waals surface area contributed by atoms with Gasteiger partial charge in [0.2, 0.25) is 11.9 Å². The summed E-state index contributed by atoms with van der Waals surface area (Å²) < 4.78 is 0. The van der Waals surface area contributed by atoms with Gasteiger partial charge in [-0.25, -0.2) is 15.0 Å². The highest BCUT2D eigenvalue weighted by Gasteiger charge is 2.25. The lowest BCUT2D eigenvalue weighted by Crippen LogP contribution is -2.27. The molecule has 1 aliphatic rings. The van der Waals surface area contributed by atoms with E-state index in [2.05, 4.69) is 62.9 Å². The van der Waals surface area contributed by atoms with Crippen LogP contribution in [0.3, 0.4) is 0 Å². The van der Waals surface area contributed by atoms with Gasteiger partial charge >= 0.3 is 0 Å². The van der Waals surface area contributed by atoms with Crippen LogP contribution < -0.4 is 15.1 Å². The Labute approximate surface area is 201 Å². The largest absolute Gasteiger partial charge is 0.354 e. The molecular formula is C26H30N6OSi. The number of rotatable bonds is 5. The topological polar surface area (TPSA) is 74.2 Å². The SMILES string of the molecule is C=CC(=O)N(C)c1ccc2c(N3CC[C@@H](Nc4ncc(C#C[Si](C)(C)C)cn4)C3)nccc2c1. The second-order valence-corrected chi connectivity index (χ2v) is 14.3. The number of nitrogens with one attached hydrogen (secondary N) is 1. The van der Waals surface area contributed by atoms with Crippen LogP contribution in [-0.4, -0.2) is 55.1 Å². The number of aromatic nitrogens is 3. The van der Waals surface area contributed by atoms with Crippen molar-refractivity contribution in [2.24, 2.45) is 0 Å². The Hall–Kier alpha value is -3.70. The number of likely N-dealkylation sites (N-methyl/N-ethyl adjacent to an activating group) is 1. The highest BCUT2D eigenvalue weighted by Crippen LogP contribution is 2.30. The van der Waals surface area contributed by atoms with E-state index in [0.29, 0.717) is 5.95 Å². The van der Waals surface area contributed by atoms with Crippen LogP contribution >= 0.6 is 0 Å². The summed E-state index contributed by atoms with van der Waals surface area (Å²) in [6, 6.07) is 8.19. The Morgan fingerprint density at radius 2 is 2.00 bits per heavy atom. The molecule has 0 bridgehead atoms. The van der Waals surface area contributed by atoms with E-state index in [1.807, 2.05) is 30.5 Å². The van der Waals surface area contributed by atoms with E-state index in [-0.39, 0.29) is 11.9 Å². The Balaban J connectivity index is 1.45. The maximum atomic E-state index is 12.0. The minimum Gasteiger partial charge on any atom is -0.354 e. The molecule has 174 valence electrons. The summed E-state index contributed by atoms with van der Waals surface area (Å²) in [4.78, 5) is 29.4. The Morgan fingerprint density at radius 3 is 2.71 bits per heavy atom. The number of hydrogen-bond donors (Lipinski definition) is 1. The predicted octanol–water partition coefficient (Wildman–Crippen LogP) is 4.09. The monoisotopic (exact) mass is 470 g/mol. The number of carbonyl (C=O) groups excluding carboxylic acids is 1. The molecule has 0 aliphatic carbocycles. The molecule has 0 spiro atoms. The molecule has 34 heavy (non-hydrogen) atoms. The number of amides is 1. The van der Waals surface area contributed by atoms with Crippen molar-refractivity contribution in [3.05, 3.63) is 61.1 Å². The predicted molar refractivity (Wildman–Crippen MR) is 142 cm³/mol. The zero-order valence-corrected chi connectivity index (χ0v) is 21.2. The molecule has 1 amide bonds. The van der Waals surface area contributed by atoms with Gasteiger partial charge in [0.1, 0.15) is 13.9 Å². The average Bonchev–Trinajstić information content (AvgIpc) is 3.29. The van der Waals surface area contributed by atoms with Crippen molar-refractivity contribution in [1.82, 2.24) is 15.0 Å². The van der Waals surface area contributed by atoms with Crippen molar-refractivity contribution >= 4 is 42.2 Å². The molecule has 1 saturated heterocycles. The van der Waals surface area contributed by atoms with Crippen LogP contribution in [-0.2, 0) is 4.79 Å². The van der Waals surface area contributed by atoms with E-state index in [1.54, 1.807) is 24.3 Å². The summed E-state index contributed by atoms with van der Waals surface area (Å²) in [5.74, 6) is 4.62. The molecule has 7 nitrogen and oxygen atoms in total. The summed E-state index contributed by atoms with van der Waals surface area (Å²) in [5.41, 5.74) is 5.01. The fourth-order valence-corrected chi connectivity index (χ4v) is 4.37. The van der Waals surface area contributed by atoms with Gasteiger partial charge in [-0.05, 0) is 42.1 Å². The van der Waals surface area contributed by atoms with Gasteiger partial charge in [-0.3, -0.25) is 4.79 Å². The number of nitrogens with zero attached hydrogens (tertiary/aromatic N) is 5. The van der Waals surface area contributed by atoms with E-state index >= 15 is 0 Å². The summed E-state index contributed by atoms with van der Waals surface area (Å²) in [6.07, 6.45) is 7.67. The van der Waals surface area contributed by atoms with Gasteiger partial charge in [0.25, 0.3) is 0 Å². The molecule has 1 N–H and O–H groups in total. The third-order valence-corrected chi connectivity index (χ3v) is 6.55. The standard InChI is InChI=1S/C26H30N6OSi/c1-6-24(33)31(2)22-7-8-23-20(15-22)9-12-27-25(23)32-13-10-21(18-32)30-26-28-16-19(17-29-26)11-14-34(3,4)5/h6-9,12,15-17,21H,1,10,13,18H2,2-5H3,(H,28,29,30)/t21-/m1/s1. The fraction of sp³-hybridized carbons (Fsp3) is 0.308. The maximum Gasteiger partial charge on any atom is 0.250 e. The van der Waals surface area contributed by atoms with Gasteiger partial charge in [-0.1, -0.05) is 32.1 Å². The van der Waals surface area contributed by atoms with Gasteiger partial charge in [0, 0.05) is 55.8 Å². The lowest BCUT2D eigenvalue weighted by Gasteiger charge is -2.21. The van der Waals surface area contributed by atoms with Crippen molar-refractivity contribution in [3.8, 4) is 11.5 Å². The van der Waals surface area contributed by atoms with Crippen LogP contribution in [0.25, 0.3) is 10.8 Å². The molecule has 0 radical (unpaired) electrons. The molecule has 2 aromatic heterocycles. The smallest absolute Gasteiger partial charge is 0.250 e. The number of hydrogen-bond acceptors (Lipinski definition) is 6. The molecule has 0 saturated carbocycles. The second kappa shape index (κ2) is 9.65. The highest BCUT2D eigenvalue weighted by molar-refractivity contribution is 6.83. The number of anilines is 3. The Bertz CT molecular complexity index is 1270. The first kappa shape index (κ1) is 23.5. The van der Waals surface area contributed by atoms with Gasteiger partial charge in [0.15, 0.2) is 0 Å². The molecule has 1 atom stereocenters. The van der Waals surface area contributed by atoms with Gasteiger partial charge < -0.3 is 15.1 Å². The van der Waals surface area contributed by atoms with Crippen LogP contribution in [0.2, 0.25) is 19.6 Å². The van der Waals surface area contributed by atoms with Crippen LogP contribution in [0, 0.1) is 11.5 Å². The van der Waals surface area contributed by atoms with Gasteiger partial charge in [-0.2, -0.15) is 0 Å². The second-order valence-electron chi connectivity index (χ2n) is 9.51. The lowest BCUT2D eigenvalue weighted by molar-refractivity contribution is -0.113. The maximum absolute atomic E-state index is 12.0. The van der Waals surface area contributed by atoms with Crippen molar-refractivity contribution in [1.29, 1.82) is 0 Å². The van der Waals surface area contributed by atoms with Crippen molar-refractivity contribution < 1.29 is 4.79 Å². The van der Waals surface area contributed by atoms with Crippen LogP contribution in [0.4, 0.5) is 17.5 Å². The molecule has 0 unspecified atom stereocenters. The van der Waals surface area contributed by atoms with Crippen LogP contribution in [0.15, 0.2) is 55.5 Å². The quantitative estimate of drug-likeness (QED) is 0.344. The van der Waals surface area contributed by atoms with Crippen molar-refractivity contribution in [2.45, 2.75) is 32.1 Å². The van der Waals surface area contributed by atoms with E-state index < -0.39 is 8.07 Å². The summed E-state index contributed by atoms with van der Waals surface area (Å²) in [6.45, 7) is 11.9. The van der Waals surface area contributed by atoms with Gasteiger partial charge in [0.05, 0.1) is 5.56 Å². The number of fused-ring (bicyclic) bond motifs is 1. The zero-order valence-electron chi connectivity index (χ0n) is 20.2. The molecule has 1 fully saturated rings. The minimum atomic E-state index is -1.42. The first-order valence-electron chi connectivity index (χ1n) is 11.4. The zero-order chi connectivity index (χ0) is 24.3. The van der Waals surface area contributed by atoms with Crippen molar-refractivity contribution in [3.63, 3.8) is 0 Å². The summed E-state index contributed by atoms with van der Waals surface area (Å²) in [5, 5.41) is 5.55. The van der Waals surface area contributed by atoms with E-state index in [9.17, 15) is 4.79 Å². The van der Waals surface area contributed by atoms with Crippen molar-refractivity contribution in [2.75, 3.05) is 35.3 Å². The first-order valence-corrected chi connectivity index (χ1v) is 14.9. The fourth-order valence-electron chi connectivity index (χ4n) is 3.85. The summed E-state index contributed by atoms with van der Waals surface area (Å²) in [7, 11) is 0.324. The summed E-state index contributed by atoms with van der Waals surface area (Å²) >= 11 is 0. The molecule has 8 heteroatoms. The van der Waals surface area contributed by atoms with Crippen LogP contribution in [0.1, 0.15) is 12.0 Å². The lowest BCUT2D eigenvalue weighted by atomic mass is 10.1. The third-order valence-electron chi connectivity index (χ3n) is 5.67. The normalized spacial score (nSPS) is 15.5. The van der Waals surface area contributed by atoms with E-state index in [0.717, 1.165) is 47.4 Å². The Morgan fingerprint density at radius 1 is 1.24 bits per heavy atom. The Kier molecular flexibility index (Phi) is 6.66. The number of pyridine rings is 1. The number of carbonyl (C=O) groups is 1. The molecule has 3 aromatic rings. The molecule has 4 rings (SSSR count). The van der Waals surface area contributed by atoms with Crippen LogP contribution in [0.5, 0.6) is 0 Å².